The molecule has 0 amide bonds. The first-order chi connectivity index (χ1) is 39.7. The molecule has 10 rings (SSSR count). The van der Waals surface area contributed by atoms with Gasteiger partial charge in [0.15, 0.2) is 0 Å². The Bertz CT molecular complexity index is 4630. The minimum atomic E-state index is -0.922. The quantitative estimate of drug-likeness (QED) is 0.153. The standard InChI is InChI=1S/C52H35N3/c1-5-14-36(15-6-1)41-20-13-23-46(35-41)55(44-21-11-4-12-22-44)45-30-26-37(27-31-45)42-28-32-47-43(34-42)25-24-38-29-33-48-52(49(38)47)54-51(40-18-9-3-10-19-40)50(53-48)39-16-7-2-8-17-39/h1-35H/i1D,2D,3D,4D,5D,6D,7D,8D,9D,10D,11D,12D,13D,14D,15D,16D,17D,18D,19D,20D,21D,23D,24D,25D,28D,29D,32D,33D,34D,35D. The molecule has 258 valence electrons. The lowest BCUT2D eigenvalue weighted by molar-refractivity contribution is 1.28. The predicted octanol–water partition coefficient (Wildman–Crippen LogP) is 14.1. The summed E-state index contributed by atoms with van der Waals surface area (Å²) in [4.78, 5) is 10.1. The molecule has 0 radical (unpaired) electrons. The molecular weight excluding hydrogens is 667 g/mol. The van der Waals surface area contributed by atoms with Crippen LogP contribution >= 0.6 is 0 Å². The fourth-order valence-corrected chi connectivity index (χ4v) is 5.88. The Hall–Kier alpha value is -7.36. The highest BCUT2D eigenvalue weighted by Gasteiger charge is 2.17. The molecule has 0 saturated heterocycles. The lowest BCUT2D eigenvalue weighted by atomic mass is 9.96. The topological polar surface area (TPSA) is 29.0 Å². The zero-order chi connectivity index (χ0) is 62.7. The third-order valence-corrected chi connectivity index (χ3v) is 8.31. The minimum Gasteiger partial charge on any atom is -0.310 e. The van der Waals surface area contributed by atoms with Gasteiger partial charge in [-0.15, -0.1) is 0 Å². The smallest absolute Gasteiger partial charge is 0.0979 e. The Kier molecular flexibility index (Phi) is 3.49. The van der Waals surface area contributed by atoms with Crippen LogP contribution in [0.2, 0.25) is 0 Å². The molecule has 10 aromatic rings. The number of anilines is 3. The van der Waals surface area contributed by atoms with Gasteiger partial charge in [0.25, 0.3) is 0 Å². The lowest BCUT2D eigenvalue weighted by Crippen LogP contribution is -2.09. The molecule has 0 aliphatic rings. The molecule has 3 nitrogen and oxygen atoms in total. The third-order valence-electron chi connectivity index (χ3n) is 8.31. The molecule has 0 unspecified atom stereocenters. The van der Waals surface area contributed by atoms with Crippen molar-refractivity contribution in [1.82, 2.24) is 9.97 Å². The van der Waals surface area contributed by atoms with Gasteiger partial charge in [0.2, 0.25) is 0 Å². The van der Waals surface area contributed by atoms with Gasteiger partial charge < -0.3 is 4.90 Å². The average Bonchev–Trinajstić information content (AvgIpc) is 0.996. The summed E-state index contributed by atoms with van der Waals surface area (Å²) in [5.41, 5.74) is -7.10. The van der Waals surface area contributed by atoms with E-state index >= 15 is 0 Å². The van der Waals surface area contributed by atoms with Gasteiger partial charge in [-0.2, -0.15) is 0 Å². The van der Waals surface area contributed by atoms with E-state index in [0.29, 0.717) is 0 Å². The van der Waals surface area contributed by atoms with Gasteiger partial charge >= 0.3 is 0 Å². The van der Waals surface area contributed by atoms with Crippen LogP contribution in [0.3, 0.4) is 0 Å². The summed E-state index contributed by atoms with van der Waals surface area (Å²) in [7, 11) is 0. The molecule has 9 aromatic carbocycles. The maximum Gasteiger partial charge on any atom is 0.0979 e. The van der Waals surface area contributed by atoms with Gasteiger partial charge in [0, 0.05) is 33.6 Å². The molecule has 0 atom stereocenters. The molecular formula is C52H35N3. The van der Waals surface area contributed by atoms with Crippen molar-refractivity contribution in [2.45, 2.75) is 0 Å². The molecule has 1 aromatic heterocycles. The SMILES string of the molecule is [2H]c1cc(N(c2ccc(-c3c([2H])c([2H])c4c(c3[2H])c([2H])c([2H])c3c([2H])c([2H])c5nc(-c6c([2H])c([2H])c([2H])c([2H])c6[2H])c(-c6c([2H])c([2H])c([2H])c([2H])c6[2H])nc5c34)cc2)c2c([2H])c([2H])c([2H])c(-c3c([2H])c([2H])c([2H])c([2H])c3[2H])c2[2H])c([2H])c([2H])c1[2H]. The summed E-state index contributed by atoms with van der Waals surface area (Å²) in [6, 6.07) is -19.1. The summed E-state index contributed by atoms with van der Waals surface area (Å²) in [5.74, 6) is 0. The van der Waals surface area contributed by atoms with Crippen molar-refractivity contribution < 1.29 is 41.1 Å². The molecule has 0 fully saturated rings. The summed E-state index contributed by atoms with van der Waals surface area (Å²) in [6.45, 7) is 0. The molecule has 0 N–H and O–H groups in total. The van der Waals surface area contributed by atoms with Crippen molar-refractivity contribution in [2.24, 2.45) is 0 Å². The van der Waals surface area contributed by atoms with E-state index in [2.05, 4.69) is 9.97 Å². The van der Waals surface area contributed by atoms with Crippen LogP contribution in [0.25, 0.3) is 77.3 Å². The zero-order valence-electron chi connectivity index (χ0n) is 57.7. The lowest BCUT2D eigenvalue weighted by Gasteiger charge is -2.26. The van der Waals surface area contributed by atoms with Gasteiger partial charge in [-0.1, -0.05) is 163 Å². The number of hydrogen-bond donors (Lipinski definition) is 0. The van der Waals surface area contributed by atoms with Crippen LogP contribution < -0.4 is 4.90 Å². The molecule has 0 aliphatic heterocycles. The predicted molar refractivity (Wildman–Crippen MR) is 231 cm³/mol. The van der Waals surface area contributed by atoms with Gasteiger partial charge in [-0.3, -0.25) is 0 Å². The van der Waals surface area contributed by atoms with Crippen molar-refractivity contribution in [3.05, 3.63) is 212 Å². The van der Waals surface area contributed by atoms with Gasteiger partial charge in [-0.25, -0.2) is 9.97 Å². The number of rotatable bonds is 7. The van der Waals surface area contributed by atoms with E-state index in [-0.39, 0.29) is 16.8 Å². The highest BCUT2D eigenvalue weighted by molar-refractivity contribution is 6.19. The van der Waals surface area contributed by atoms with Crippen LogP contribution in [0.15, 0.2) is 212 Å². The fraction of sp³-hybridized carbons (Fsp3) is 0. The number of fused-ring (bicyclic) bond motifs is 5. The Morgan fingerprint density at radius 3 is 1.69 bits per heavy atom. The maximum atomic E-state index is 9.69. The van der Waals surface area contributed by atoms with E-state index in [0.717, 1.165) is 11.0 Å². The van der Waals surface area contributed by atoms with Crippen LogP contribution in [0.5, 0.6) is 0 Å². The van der Waals surface area contributed by atoms with E-state index < -0.39 is 259 Å². The highest BCUT2D eigenvalue weighted by atomic mass is 15.1. The van der Waals surface area contributed by atoms with Gasteiger partial charge in [0.05, 0.1) is 63.5 Å². The molecule has 0 saturated carbocycles. The summed E-state index contributed by atoms with van der Waals surface area (Å²) in [6.07, 6.45) is 0. The number of benzene rings is 9. The van der Waals surface area contributed by atoms with Crippen LogP contribution in [0.4, 0.5) is 17.1 Å². The van der Waals surface area contributed by atoms with Crippen LogP contribution in [0, 0.1) is 0 Å². The Balaban J connectivity index is 1.27. The summed E-state index contributed by atoms with van der Waals surface area (Å²) >= 11 is 0. The number of hydrogen-bond acceptors (Lipinski definition) is 3. The molecule has 0 aliphatic carbocycles. The van der Waals surface area contributed by atoms with Gasteiger partial charge in [-0.05, 0) is 86.8 Å². The van der Waals surface area contributed by atoms with Crippen LogP contribution in [-0.4, -0.2) is 9.97 Å². The summed E-state index contributed by atoms with van der Waals surface area (Å²) < 4.78 is 264. The molecule has 1 heterocycles. The highest BCUT2D eigenvalue weighted by Crippen LogP contribution is 2.39. The van der Waals surface area contributed by atoms with Crippen molar-refractivity contribution >= 4 is 49.6 Å². The van der Waals surface area contributed by atoms with Crippen LogP contribution in [-0.2, 0) is 0 Å². The van der Waals surface area contributed by atoms with Crippen LogP contribution in [0.1, 0.15) is 41.1 Å². The number of nitrogens with zero attached hydrogens (tertiary/aromatic N) is 3. The van der Waals surface area contributed by atoms with Gasteiger partial charge in [0.1, 0.15) is 0 Å². The zero-order valence-corrected chi connectivity index (χ0v) is 27.7. The number of para-hydroxylation sites is 1. The molecule has 0 bridgehead atoms. The Labute approximate surface area is 362 Å². The first-order valence-electron chi connectivity index (χ1n) is 31.2. The molecule has 55 heavy (non-hydrogen) atoms. The molecule has 3 heteroatoms. The normalized spacial score (nSPS) is 18.9. The van der Waals surface area contributed by atoms with Crippen molar-refractivity contribution in [3.8, 4) is 44.8 Å². The van der Waals surface area contributed by atoms with Crippen molar-refractivity contribution in [3.63, 3.8) is 0 Å². The largest absolute Gasteiger partial charge is 0.310 e. The first kappa shape index (κ1) is 13.8. The van der Waals surface area contributed by atoms with Crippen molar-refractivity contribution in [1.29, 1.82) is 0 Å². The number of aromatic nitrogens is 2. The van der Waals surface area contributed by atoms with Crippen molar-refractivity contribution in [2.75, 3.05) is 4.90 Å². The Morgan fingerprint density at radius 2 is 0.945 bits per heavy atom. The second-order valence-electron chi connectivity index (χ2n) is 11.5. The monoisotopic (exact) mass is 731 g/mol. The Morgan fingerprint density at radius 1 is 0.364 bits per heavy atom. The second kappa shape index (κ2) is 13.9. The van der Waals surface area contributed by atoms with E-state index in [4.69, 9.17) is 30.2 Å². The molecule has 0 spiro atoms. The first-order valence-corrected chi connectivity index (χ1v) is 16.2. The van der Waals surface area contributed by atoms with E-state index in [1.165, 1.54) is 24.3 Å². The minimum absolute atomic E-state index is 0.0751. The van der Waals surface area contributed by atoms with E-state index in [1.807, 2.05) is 0 Å². The average molecular weight is 732 g/mol. The second-order valence-corrected chi connectivity index (χ2v) is 11.5. The third kappa shape index (κ3) is 6.08. The fourth-order valence-electron chi connectivity index (χ4n) is 5.88. The van der Waals surface area contributed by atoms with E-state index in [9.17, 15) is 11.0 Å². The maximum absolute atomic E-state index is 9.69. The summed E-state index contributed by atoms with van der Waals surface area (Å²) in [5, 5.41) is -2.00. The van der Waals surface area contributed by atoms with E-state index in [1.54, 1.807) is 0 Å².